The highest BCUT2D eigenvalue weighted by atomic mass is 16.6. The average molecular weight is 297 g/mol. The second kappa shape index (κ2) is 5.21. The van der Waals surface area contributed by atoms with Crippen molar-refractivity contribution >= 4 is 11.0 Å². The number of likely N-dealkylation sites (tertiary alicyclic amines) is 1. The summed E-state index contributed by atoms with van der Waals surface area (Å²) >= 11 is 0. The van der Waals surface area contributed by atoms with Crippen molar-refractivity contribution in [3.05, 3.63) is 41.2 Å². The van der Waals surface area contributed by atoms with Crippen LogP contribution in [-0.4, -0.2) is 38.1 Å². The lowest BCUT2D eigenvalue weighted by Gasteiger charge is -2.17. The molecular weight excluding hydrogens is 278 g/mol. The Morgan fingerprint density at radius 1 is 1.27 bits per heavy atom. The Bertz CT molecular complexity index is 806. The van der Waals surface area contributed by atoms with E-state index in [9.17, 15) is 0 Å². The summed E-state index contributed by atoms with van der Waals surface area (Å²) in [5.41, 5.74) is 5.21. The normalized spacial score (nSPS) is 19.3. The number of hydrogen-bond donors (Lipinski definition) is 0. The van der Waals surface area contributed by atoms with Crippen molar-refractivity contribution in [1.82, 2.24) is 25.0 Å². The zero-order valence-corrected chi connectivity index (χ0v) is 12.9. The molecule has 6 nitrogen and oxygen atoms in total. The first-order valence-corrected chi connectivity index (χ1v) is 7.66. The molecule has 6 heteroatoms. The van der Waals surface area contributed by atoms with Gasteiger partial charge in [-0.1, -0.05) is 12.1 Å². The van der Waals surface area contributed by atoms with E-state index in [-0.39, 0.29) is 0 Å². The van der Waals surface area contributed by atoms with E-state index >= 15 is 0 Å². The van der Waals surface area contributed by atoms with E-state index in [4.69, 9.17) is 4.63 Å². The highest BCUT2D eigenvalue weighted by molar-refractivity contribution is 5.76. The molecule has 1 atom stereocenters. The van der Waals surface area contributed by atoms with Crippen LogP contribution in [0.4, 0.5) is 0 Å². The van der Waals surface area contributed by atoms with Gasteiger partial charge < -0.3 is 0 Å². The minimum atomic E-state index is 0.461. The van der Waals surface area contributed by atoms with Crippen LogP contribution in [0, 0.1) is 13.8 Å². The van der Waals surface area contributed by atoms with Gasteiger partial charge in [-0.15, -0.1) is 0 Å². The van der Waals surface area contributed by atoms with Crippen molar-refractivity contribution in [3.8, 4) is 0 Å². The number of aryl methyl sites for hydroxylation is 2. The first-order valence-electron chi connectivity index (χ1n) is 7.66. The molecule has 1 aliphatic rings. The predicted molar refractivity (Wildman–Crippen MR) is 82.4 cm³/mol. The summed E-state index contributed by atoms with van der Waals surface area (Å²) in [5, 5.41) is 12.6. The van der Waals surface area contributed by atoms with Crippen LogP contribution in [0.5, 0.6) is 0 Å². The molecule has 0 radical (unpaired) electrons. The summed E-state index contributed by atoms with van der Waals surface area (Å²) < 4.78 is 7.02. The summed E-state index contributed by atoms with van der Waals surface area (Å²) in [4.78, 5) is 2.45. The summed E-state index contributed by atoms with van der Waals surface area (Å²) in [6.45, 7) is 7.15. The van der Waals surface area contributed by atoms with Gasteiger partial charge in [-0.2, -0.15) is 5.10 Å². The smallest absolute Gasteiger partial charge is 0.139 e. The largest absolute Gasteiger partial charge is 0.297 e. The molecule has 1 aliphatic heterocycles. The summed E-state index contributed by atoms with van der Waals surface area (Å²) in [7, 11) is 0. The molecule has 0 bridgehead atoms. The fourth-order valence-corrected chi connectivity index (χ4v) is 3.40. The van der Waals surface area contributed by atoms with Crippen molar-refractivity contribution < 1.29 is 4.63 Å². The Hall–Kier alpha value is -2.21. The number of aromatic nitrogens is 4. The molecule has 0 amide bonds. The van der Waals surface area contributed by atoms with Crippen molar-refractivity contribution in [2.75, 3.05) is 13.1 Å². The summed E-state index contributed by atoms with van der Waals surface area (Å²) in [6, 6.07) is 8.64. The molecule has 3 heterocycles. The zero-order chi connectivity index (χ0) is 15.1. The van der Waals surface area contributed by atoms with E-state index in [1.165, 1.54) is 11.3 Å². The van der Waals surface area contributed by atoms with Crippen molar-refractivity contribution in [3.63, 3.8) is 0 Å². The first kappa shape index (κ1) is 13.5. The molecule has 114 valence electrons. The molecule has 4 rings (SSSR count). The number of nitrogens with zero attached hydrogens (tertiary/aromatic N) is 5. The molecule has 1 saturated heterocycles. The number of benzene rings is 1. The maximum Gasteiger partial charge on any atom is 0.139 e. The topological polar surface area (TPSA) is 60.0 Å². The predicted octanol–water partition coefficient (Wildman–Crippen LogP) is 2.48. The molecule has 0 aliphatic carbocycles. The third kappa shape index (κ3) is 2.29. The van der Waals surface area contributed by atoms with Gasteiger partial charge in [0.2, 0.25) is 0 Å². The zero-order valence-electron chi connectivity index (χ0n) is 12.9. The Morgan fingerprint density at radius 3 is 3.00 bits per heavy atom. The quantitative estimate of drug-likeness (QED) is 0.743. The van der Waals surface area contributed by atoms with Crippen LogP contribution in [-0.2, 0) is 6.54 Å². The number of rotatable bonds is 3. The van der Waals surface area contributed by atoms with Gasteiger partial charge in [-0.05, 0) is 48.3 Å². The van der Waals surface area contributed by atoms with E-state index in [0.29, 0.717) is 6.04 Å². The fourth-order valence-electron chi connectivity index (χ4n) is 3.40. The van der Waals surface area contributed by atoms with Gasteiger partial charge in [0.15, 0.2) is 0 Å². The molecule has 1 fully saturated rings. The maximum absolute atomic E-state index is 4.85. The van der Waals surface area contributed by atoms with Crippen molar-refractivity contribution in [2.24, 2.45) is 0 Å². The van der Waals surface area contributed by atoms with Gasteiger partial charge in [0, 0.05) is 25.3 Å². The van der Waals surface area contributed by atoms with Gasteiger partial charge in [0.05, 0.1) is 11.7 Å². The van der Waals surface area contributed by atoms with Gasteiger partial charge in [-0.25, -0.2) is 4.63 Å². The van der Waals surface area contributed by atoms with Crippen LogP contribution in [0.3, 0.4) is 0 Å². The van der Waals surface area contributed by atoms with E-state index in [0.717, 1.165) is 42.8 Å². The summed E-state index contributed by atoms with van der Waals surface area (Å²) in [5.74, 6) is 0. The molecule has 0 spiro atoms. The second-order valence-electron chi connectivity index (χ2n) is 6.10. The van der Waals surface area contributed by atoms with Crippen LogP contribution < -0.4 is 0 Å². The maximum atomic E-state index is 4.85. The molecule has 0 saturated carbocycles. The lowest BCUT2D eigenvalue weighted by Crippen LogP contribution is -2.22. The first-order chi connectivity index (χ1) is 10.7. The van der Waals surface area contributed by atoms with Crippen LogP contribution in [0.1, 0.15) is 29.4 Å². The number of fused-ring (bicyclic) bond motifs is 1. The van der Waals surface area contributed by atoms with Crippen LogP contribution in [0.15, 0.2) is 28.9 Å². The van der Waals surface area contributed by atoms with Gasteiger partial charge in [-0.3, -0.25) is 9.58 Å². The van der Waals surface area contributed by atoms with Crippen molar-refractivity contribution in [2.45, 2.75) is 32.9 Å². The Labute approximate surface area is 128 Å². The van der Waals surface area contributed by atoms with E-state index in [1.54, 1.807) is 0 Å². The Morgan fingerprint density at radius 2 is 2.18 bits per heavy atom. The van der Waals surface area contributed by atoms with Gasteiger partial charge >= 0.3 is 0 Å². The monoisotopic (exact) mass is 297 g/mol. The Kier molecular flexibility index (Phi) is 3.18. The second-order valence-corrected chi connectivity index (χ2v) is 6.10. The lowest BCUT2D eigenvalue weighted by molar-refractivity contribution is 0.306. The Balaban J connectivity index is 1.51. The van der Waals surface area contributed by atoms with Gasteiger partial charge in [0.25, 0.3) is 0 Å². The van der Waals surface area contributed by atoms with Gasteiger partial charge in [0.1, 0.15) is 11.0 Å². The average Bonchev–Trinajstić information content (AvgIpc) is 3.19. The third-order valence-electron chi connectivity index (χ3n) is 4.40. The van der Waals surface area contributed by atoms with Crippen molar-refractivity contribution in [1.29, 1.82) is 0 Å². The third-order valence-corrected chi connectivity index (χ3v) is 4.40. The SMILES string of the molecule is Cc1cc(C)n([C@H]2CCN(Cc3cccc4nonc34)C2)n1. The van der Waals surface area contributed by atoms with E-state index in [1.807, 2.05) is 12.1 Å². The molecule has 2 aromatic heterocycles. The van der Waals surface area contributed by atoms with E-state index < -0.39 is 0 Å². The molecular formula is C16H19N5O. The standard InChI is InChI=1S/C16H19N5O/c1-11-8-12(2)21(17-11)14-6-7-20(10-14)9-13-4-3-5-15-16(13)19-22-18-15/h3-5,8,14H,6-7,9-10H2,1-2H3/t14-/m0/s1. The molecule has 0 N–H and O–H groups in total. The van der Waals surface area contributed by atoms with Crippen LogP contribution in [0.2, 0.25) is 0 Å². The van der Waals surface area contributed by atoms with Crippen LogP contribution in [0.25, 0.3) is 11.0 Å². The minimum Gasteiger partial charge on any atom is -0.297 e. The lowest BCUT2D eigenvalue weighted by atomic mass is 10.2. The molecule has 22 heavy (non-hydrogen) atoms. The van der Waals surface area contributed by atoms with E-state index in [2.05, 4.69) is 51.0 Å². The fraction of sp³-hybridized carbons (Fsp3) is 0.438. The highest BCUT2D eigenvalue weighted by Gasteiger charge is 2.26. The molecule has 1 aromatic carbocycles. The minimum absolute atomic E-state index is 0.461. The number of hydrogen-bond acceptors (Lipinski definition) is 5. The summed E-state index contributed by atoms with van der Waals surface area (Å²) in [6.07, 6.45) is 1.13. The highest BCUT2D eigenvalue weighted by Crippen LogP contribution is 2.25. The molecule has 0 unspecified atom stereocenters. The van der Waals surface area contributed by atoms with Crippen LogP contribution >= 0.6 is 0 Å². The molecule has 3 aromatic rings.